The highest BCUT2D eigenvalue weighted by Gasteiger charge is 2.35. The van der Waals surface area contributed by atoms with Crippen molar-refractivity contribution in [1.29, 1.82) is 0 Å². The first-order valence-electron chi connectivity index (χ1n) is 5.05. The van der Waals surface area contributed by atoms with Gasteiger partial charge in [0.1, 0.15) is 4.91 Å². The van der Waals surface area contributed by atoms with Gasteiger partial charge < -0.3 is 11.1 Å². The van der Waals surface area contributed by atoms with E-state index in [0.717, 1.165) is 11.8 Å². The van der Waals surface area contributed by atoms with Crippen LogP contribution in [0.5, 0.6) is 0 Å². The largest absolute Gasteiger partial charge is 0.403 e. The highest BCUT2D eigenvalue weighted by Crippen LogP contribution is 2.23. The summed E-state index contributed by atoms with van der Waals surface area (Å²) >= 11 is 0. The van der Waals surface area contributed by atoms with E-state index in [2.05, 4.69) is 5.32 Å². The monoisotopic (exact) mass is 252 g/mol. The maximum atomic E-state index is 11.8. The van der Waals surface area contributed by atoms with Crippen molar-refractivity contribution in [3.05, 3.63) is 47.0 Å². The van der Waals surface area contributed by atoms with E-state index in [4.69, 9.17) is 5.73 Å². The number of rotatable bonds is 1. The zero-order valence-electron chi connectivity index (χ0n) is 8.96. The van der Waals surface area contributed by atoms with Crippen molar-refractivity contribution in [3.63, 3.8) is 0 Å². The first-order valence-corrected chi connectivity index (χ1v) is 6.70. The smallest absolute Gasteiger partial charge is 0.264 e. The van der Waals surface area contributed by atoms with E-state index in [0.29, 0.717) is 0 Å². The van der Waals surface area contributed by atoms with Gasteiger partial charge >= 0.3 is 0 Å². The lowest BCUT2D eigenvalue weighted by molar-refractivity contribution is -0.117. The number of sulfone groups is 1. The fourth-order valence-corrected chi connectivity index (χ4v) is 3.21. The SMILES string of the molecule is N/C=C1\C(=O)NC(c2ccccc2)CS1(=O)=O. The lowest BCUT2D eigenvalue weighted by Crippen LogP contribution is -2.42. The van der Waals surface area contributed by atoms with Gasteiger partial charge in [0, 0.05) is 6.20 Å². The normalized spacial score (nSPS) is 25.5. The first-order chi connectivity index (χ1) is 8.04. The maximum Gasteiger partial charge on any atom is 0.264 e. The molecule has 90 valence electrons. The summed E-state index contributed by atoms with van der Waals surface area (Å²) < 4.78 is 23.6. The molecule has 1 heterocycles. The Kier molecular flexibility index (Phi) is 2.89. The van der Waals surface area contributed by atoms with Crippen molar-refractivity contribution in [2.75, 3.05) is 5.75 Å². The molecule has 0 aliphatic carbocycles. The molecule has 0 bridgehead atoms. The summed E-state index contributed by atoms with van der Waals surface area (Å²) in [6.45, 7) is 0. The molecule has 0 saturated carbocycles. The highest BCUT2D eigenvalue weighted by atomic mass is 32.2. The Bertz CT molecular complexity index is 564. The molecule has 1 aliphatic heterocycles. The summed E-state index contributed by atoms with van der Waals surface area (Å²) in [7, 11) is -3.60. The predicted octanol–water partition coefficient (Wildman–Crippen LogP) is 0.0724. The van der Waals surface area contributed by atoms with Crippen molar-refractivity contribution >= 4 is 15.7 Å². The fourth-order valence-electron chi connectivity index (χ4n) is 1.77. The van der Waals surface area contributed by atoms with Gasteiger partial charge in [0.05, 0.1) is 11.8 Å². The summed E-state index contributed by atoms with van der Waals surface area (Å²) in [6.07, 6.45) is 0.839. The van der Waals surface area contributed by atoms with E-state index in [1.807, 2.05) is 6.07 Å². The molecule has 5 nitrogen and oxygen atoms in total. The topological polar surface area (TPSA) is 89.3 Å². The molecule has 6 heteroatoms. The lowest BCUT2D eigenvalue weighted by atomic mass is 10.1. The molecule has 0 spiro atoms. The standard InChI is InChI=1S/C11H12N2O3S/c12-6-10-11(14)13-9(7-17(10,15)16)8-4-2-1-3-5-8/h1-6,9H,7,12H2,(H,13,14)/b10-6+. The molecule has 1 amide bonds. The van der Waals surface area contributed by atoms with Crippen LogP contribution in [0.25, 0.3) is 0 Å². The van der Waals surface area contributed by atoms with Crippen LogP contribution >= 0.6 is 0 Å². The van der Waals surface area contributed by atoms with E-state index in [1.54, 1.807) is 24.3 Å². The number of carbonyl (C=O) groups excluding carboxylic acids is 1. The number of hydrogen-bond donors (Lipinski definition) is 2. The molecule has 1 unspecified atom stereocenters. The highest BCUT2D eigenvalue weighted by molar-refractivity contribution is 7.96. The first kappa shape index (κ1) is 11.7. The summed E-state index contributed by atoms with van der Waals surface area (Å²) in [5.41, 5.74) is 5.92. The van der Waals surface area contributed by atoms with Crippen molar-refractivity contribution in [2.24, 2.45) is 5.73 Å². The van der Waals surface area contributed by atoms with Crippen LogP contribution in [0.4, 0.5) is 0 Å². The number of nitrogens with one attached hydrogen (secondary N) is 1. The number of carbonyl (C=O) groups is 1. The predicted molar refractivity (Wildman–Crippen MR) is 63.4 cm³/mol. The van der Waals surface area contributed by atoms with Crippen molar-refractivity contribution in [1.82, 2.24) is 5.32 Å². The Balaban J connectivity index is 2.36. The molecular formula is C11H12N2O3S. The summed E-state index contributed by atoms with van der Waals surface area (Å²) in [5, 5.41) is 2.62. The molecule has 3 N–H and O–H groups in total. The van der Waals surface area contributed by atoms with Gasteiger partial charge in [-0.15, -0.1) is 0 Å². The summed E-state index contributed by atoms with van der Waals surface area (Å²) in [5.74, 6) is -0.807. The van der Waals surface area contributed by atoms with Crippen LogP contribution in [0.3, 0.4) is 0 Å². The van der Waals surface area contributed by atoms with Crippen LogP contribution in [0.15, 0.2) is 41.4 Å². The summed E-state index contributed by atoms with van der Waals surface area (Å²) in [6, 6.07) is 8.45. The van der Waals surface area contributed by atoms with E-state index in [1.165, 1.54) is 0 Å². The second kappa shape index (κ2) is 4.21. The Labute approximate surface area is 99.2 Å². The minimum absolute atomic E-state index is 0.161. The maximum absolute atomic E-state index is 11.8. The van der Waals surface area contributed by atoms with Gasteiger partial charge in [-0.1, -0.05) is 30.3 Å². The third kappa shape index (κ3) is 2.16. The van der Waals surface area contributed by atoms with Crippen molar-refractivity contribution in [3.8, 4) is 0 Å². The molecule has 1 saturated heterocycles. The van der Waals surface area contributed by atoms with Crippen LogP contribution in [0, 0.1) is 0 Å². The van der Waals surface area contributed by atoms with Gasteiger partial charge in [0.2, 0.25) is 0 Å². The van der Waals surface area contributed by atoms with Gasteiger partial charge in [0.15, 0.2) is 9.84 Å². The average Bonchev–Trinajstić information content (AvgIpc) is 2.28. The molecule has 0 aromatic heterocycles. The van der Waals surface area contributed by atoms with E-state index in [-0.39, 0.29) is 10.7 Å². The number of amides is 1. The quantitative estimate of drug-likeness (QED) is 0.692. The minimum Gasteiger partial charge on any atom is -0.403 e. The number of benzene rings is 1. The van der Waals surface area contributed by atoms with Crippen LogP contribution < -0.4 is 11.1 Å². The van der Waals surface area contributed by atoms with Crippen LogP contribution in [0.2, 0.25) is 0 Å². The van der Waals surface area contributed by atoms with E-state index < -0.39 is 21.8 Å². The number of nitrogens with two attached hydrogens (primary N) is 1. The van der Waals surface area contributed by atoms with Crippen LogP contribution in [0.1, 0.15) is 11.6 Å². The van der Waals surface area contributed by atoms with Gasteiger partial charge in [-0.3, -0.25) is 4.79 Å². The van der Waals surface area contributed by atoms with Gasteiger partial charge in [-0.05, 0) is 5.56 Å². The van der Waals surface area contributed by atoms with Crippen molar-refractivity contribution < 1.29 is 13.2 Å². The summed E-state index contributed by atoms with van der Waals surface area (Å²) in [4.78, 5) is 11.2. The molecule has 1 fully saturated rings. The molecule has 1 aromatic carbocycles. The molecule has 1 aliphatic rings. The molecule has 17 heavy (non-hydrogen) atoms. The molecular weight excluding hydrogens is 240 g/mol. The second-order valence-electron chi connectivity index (χ2n) is 3.75. The third-order valence-corrected chi connectivity index (χ3v) is 4.37. The molecule has 1 aromatic rings. The zero-order chi connectivity index (χ0) is 12.5. The van der Waals surface area contributed by atoms with Crippen LogP contribution in [-0.4, -0.2) is 20.1 Å². The van der Waals surface area contributed by atoms with Gasteiger partial charge in [-0.25, -0.2) is 8.42 Å². The van der Waals surface area contributed by atoms with Crippen LogP contribution in [-0.2, 0) is 14.6 Å². The Morgan fingerprint density at radius 2 is 1.94 bits per heavy atom. The Hall–Kier alpha value is -1.82. The lowest BCUT2D eigenvalue weighted by Gasteiger charge is -2.25. The Morgan fingerprint density at radius 3 is 2.47 bits per heavy atom. The zero-order valence-corrected chi connectivity index (χ0v) is 9.78. The van der Waals surface area contributed by atoms with Crippen molar-refractivity contribution in [2.45, 2.75) is 6.04 Å². The van der Waals surface area contributed by atoms with E-state index in [9.17, 15) is 13.2 Å². The molecule has 1 atom stereocenters. The minimum atomic E-state index is -3.60. The molecule has 0 radical (unpaired) electrons. The van der Waals surface area contributed by atoms with E-state index >= 15 is 0 Å². The fraction of sp³-hybridized carbons (Fsp3) is 0.182. The Morgan fingerprint density at radius 1 is 1.29 bits per heavy atom. The molecule has 2 rings (SSSR count). The number of hydrogen-bond acceptors (Lipinski definition) is 4. The van der Waals surface area contributed by atoms with Gasteiger partial charge in [-0.2, -0.15) is 0 Å². The third-order valence-electron chi connectivity index (χ3n) is 2.60. The second-order valence-corrected chi connectivity index (χ2v) is 5.75. The van der Waals surface area contributed by atoms with Gasteiger partial charge in [0.25, 0.3) is 5.91 Å². The average molecular weight is 252 g/mol.